The number of amides is 1. The lowest BCUT2D eigenvalue weighted by Crippen LogP contribution is -2.45. The second kappa shape index (κ2) is 47.7. The van der Waals surface area contributed by atoms with E-state index in [2.05, 4.69) is 141 Å². The molecule has 380 valence electrons. The quantitative estimate of drug-likeness (QED) is 0.0243. The lowest BCUT2D eigenvalue weighted by Gasteiger charge is -2.25. The number of allylic oxidation sites excluding steroid dienone is 21. The van der Waals surface area contributed by atoms with Crippen molar-refractivity contribution in [3.8, 4) is 0 Å². The van der Waals surface area contributed by atoms with Gasteiger partial charge in [0.2, 0.25) is 5.91 Å². The molecule has 0 saturated heterocycles. The van der Waals surface area contributed by atoms with E-state index in [9.17, 15) is 19.4 Å². The smallest absolute Gasteiger partial charge is 0.387 e. The Balaban J connectivity index is 4.24. The average Bonchev–Trinajstić information content (AvgIpc) is 3.29. The first kappa shape index (κ1) is 63.6. The zero-order valence-electron chi connectivity index (χ0n) is 43.1. The molecule has 0 radical (unpaired) electrons. The monoisotopic (exact) mass is 950 g/mol. The molecule has 0 heterocycles. The van der Waals surface area contributed by atoms with E-state index in [1.807, 2.05) is 27.2 Å². The summed E-state index contributed by atoms with van der Waals surface area (Å²) in [7, 11) is 1.52. The Bertz CT molecular complexity index is 1540. The average molecular weight is 950 g/mol. The molecule has 0 aliphatic carbocycles. The van der Waals surface area contributed by atoms with Crippen molar-refractivity contribution in [2.24, 2.45) is 0 Å². The fraction of sp³-hybridized carbons (Fsp3) is 0.603. The zero-order chi connectivity index (χ0) is 49.2. The van der Waals surface area contributed by atoms with Crippen LogP contribution in [0.2, 0.25) is 0 Å². The molecule has 0 fully saturated rings. The van der Waals surface area contributed by atoms with Gasteiger partial charge in [-0.15, -0.1) is 0 Å². The molecule has 9 heteroatoms. The van der Waals surface area contributed by atoms with E-state index in [0.717, 1.165) is 116 Å². The number of quaternary nitrogens is 1. The predicted molar refractivity (Wildman–Crippen MR) is 290 cm³/mol. The van der Waals surface area contributed by atoms with Gasteiger partial charge in [0.05, 0.1) is 39.9 Å². The summed E-state index contributed by atoms with van der Waals surface area (Å²) >= 11 is 0. The molecule has 0 aliphatic rings. The summed E-state index contributed by atoms with van der Waals surface area (Å²) in [5.74, 6) is -0.208. The van der Waals surface area contributed by atoms with Gasteiger partial charge in [-0.1, -0.05) is 199 Å². The third-order valence-corrected chi connectivity index (χ3v) is 11.6. The van der Waals surface area contributed by atoms with Crippen molar-refractivity contribution in [2.75, 3.05) is 40.9 Å². The Hall–Kier alpha value is -3.36. The second-order valence-corrected chi connectivity index (χ2v) is 19.6. The Morgan fingerprint density at radius 2 is 0.910 bits per heavy atom. The highest BCUT2D eigenvalue weighted by Gasteiger charge is 2.27. The van der Waals surface area contributed by atoms with Gasteiger partial charge in [-0.25, -0.2) is 4.57 Å². The van der Waals surface area contributed by atoms with Gasteiger partial charge in [0, 0.05) is 6.42 Å². The van der Waals surface area contributed by atoms with Crippen LogP contribution in [0, 0.1) is 0 Å². The van der Waals surface area contributed by atoms with Crippen molar-refractivity contribution in [3.63, 3.8) is 0 Å². The molecule has 3 unspecified atom stereocenters. The standard InChI is InChI=1S/C58H97N2O6P/c1-6-8-10-12-14-16-18-20-21-22-23-24-25-26-27-28-29-30-31-32-33-34-35-36-37-38-39-40-42-44-46-48-50-52-58(62)59-56(55-66-67(63,64)65-54-53-60(3,4)5)57(61)51-49-47-45-43-41-19-17-15-13-11-9-7-2/h8,10,13-16,20-21,23-24,26-27,29-30,32-33,35-36,41,43,49,51,56-57,61H,6-7,9,11-12,17-19,22,25,28,31,34,37-40,42,44-48,50,52-55H2,1-5H3,(H-,59,62,63,64)/p+1/b10-8-,15-13+,16-14-,21-20-,24-23-,27-26-,30-29-,33-32-,36-35-,43-41+,51-49+. The van der Waals surface area contributed by atoms with E-state index >= 15 is 0 Å². The summed E-state index contributed by atoms with van der Waals surface area (Å²) in [4.78, 5) is 23.2. The van der Waals surface area contributed by atoms with Crippen LogP contribution in [-0.4, -0.2) is 73.4 Å². The molecule has 0 aliphatic heterocycles. The first-order valence-corrected chi connectivity index (χ1v) is 27.6. The van der Waals surface area contributed by atoms with Gasteiger partial charge in [0.1, 0.15) is 13.2 Å². The van der Waals surface area contributed by atoms with Gasteiger partial charge in [0.25, 0.3) is 0 Å². The zero-order valence-corrected chi connectivity index (χ0v) is 44.0. The maximum atomic E-state index is 12.9. The van der Waals surface area contributed by atoms with E-state index in [-0.39, 0.29) is 19.1 Å². The summed E-state index contributed by atoms with van der Waals surface area (Å²) in [6.45, 7) is 4.58. The maximum absolute atomic E-state index is 12.9. The van der Waals surface area contributed by atoms with E-state index in [1.165, 1.54) is 38.5 Å². The van der Waals surface area contributed by atoms with Crippen LogP contribution in [-0.2, 0) is 18.4 Å². The number of nitrogens with one attached hydrogen (secondary N) is 1. The molecule has 0 aromatic heterocycles. The number of phosphoric ester groups is 1. The number of hydrogen-bond donors (Lipinski definition) is 3. The van der Waals surface area contributed by atoms with Gasteiger partial charge in [-0.3, -0.25) is 13.8 Å². The van der Waals surface area contributed by atoms with Crippen LogP contribution in [0.4, 0.5) is 0 Å². The summed E-state index contributed by atoms with van der Waals surface area (Å²) < 4.78 is 23.6. The predicted octanol–water partition coefficient (Wildman–Crippen LogP) is 15.6. The minimum absolute atomic E-state index is 0.0442. The van der Waals surface area contributed by atoms with Crippen LogP contribution in [0.15, 0.2) is 134 Å². The first-order chi connectivity index (χ1) is 32.5. The highest BCUT2D eigenvalue weighted by Crippen LogP contribution is 2.43. The van der Waals surface area contributed by atoms with Crippen molar-refractivity contribution in [1.82, 2.24) is 5.32 Å². The van der Waals surface area contributed by atoms with Gasteiger partial charge in [-0.2, -0.15) is 0 Å². The number of aliphatic hydroxyl groups excluding tert-OH is 1. The molecule has 0 bridgehead atoms. The minimum atomic E-state index is -4.36. The number of carbonyl (C=O) groups is 1. The van der Waals surface area contributed by atoms with Crippen LogP contribution in [0.3, 0.4) is 0 Å². The SMILES string of the molecule is CC/C=C\C/C=C\C/C=C\C/C=C\C/C=C\C/C=C\C/C=C\C/C=C\CCCCCCCCCCC(=O)NC(COP(=O)(O)OCC[N+](C)(C)C)C(O)/C=C/CC/C=C/CC/C=C/CCCC. The molecule has 3 N–H and O–H groups in total. The molecule has 67 heavy (non-hydrogen) atoms. The van der Waals surface area contributed by atoms with Crippen LogP contribution in [0.25, 0.3) is 0 Å². The van der Waals surface area contributed by atoms with Gasteiger partial charge in [-0.05, 0) is 103 Å². The van der Waals surface area contributed by atoms with Crippen molar-refractivity contribution in [3.05, 3.63) is 134 Å². The Morgan fingerprint density at radius 1 is 0.522 bits per heavy atom. The number of rotatable bonds is 45. The Labute approximate surface area is 411 Å². The van der Waals surface area contributed by atoms with E-state index < -0.39 is 20.0 Å². The summed E-state index contributed by atoms with van der Waals surface area (Å²) in [5, 5.41) is 13.8. The van der Waals surface area contributed by atoms with Gasteiger partial charge in [0.15, 0.2) is 0 Å². The van der Waals surface area contributed by atoms with Crippen molar-refractivity contribution in [1.29, 1.82) is 0 Å². The maximum Gasteiger partial charge on any atom is 0.472 e. The number of likely N-dealkylation sites (N-methyl/N-ethyl adjacent to an activating group) is 1. The number of hydrogen-bond acceptors (Lipinski definition) is 5. The van der Waals surface area contributed by atoms with Crippen LogP contribution < -0.4 is 5.32 Å². The van der Waals surface area contributed by atoms with Crippen LogP contribution in [0.1, 0.15) is 174 Å². The van der Waals surface area contributed by atoms with Crippen molar-refractivity contribution < 1.29 is 32.9 Å². The highest BCUT2D eigenvalue weighted by atomic mass is 31.2. The summed E-state index contributed by atoms with van der Waals surface area (Å²) in [6, 6.07) is -0.883. The van der Waals surface area contributed by atoms with Crippen molar-refractivity contribution >= 4 is 13.7 Å². The third kappa shape index (κ3) is 50.3. The van der Waals surface area contributed by atoms with Crippen LogP contribution in [0.5, 0.6) is 0 Å². The summed E-state index contributed by atoms with van der Waals surface area (Å²) in [5.41, 5.74) is 0. The molecule has 3 atom stereocenters. The molecule has 1 amide bonds. The molecule has 8 nitrogen and oxygen atoms in total. The van der Waals surface area contributed by atoms with Gasteiger partial charge >= 0.3 is 7.82 Å². The Kier molecular flexibility index (Phi) is 45.3. The highest BCUT2D eigenvalue weighted by molar-refractivity contribution is 7.47. The third-order valence-electron chi connectivity index (χ3n) is 10.6. The molecule has 0 aromatic carbocycles. The lowest BCUT2D eigenvalue weighted by atomic mass is 10.1. The molecule has 0 saturated carbocycles. The van der Waals surface area contributed by atoms with Gasteiger partial charge < -0.3 is 19.8 Å². The Morgan fingerprint density at radius 3 is 1.37 bits per heavy atom. The second-order valence-electron chi connectivity index (χ2n) is 18.1. The van der Waals surface area contributed by atoms with E-state index in [0.29, 0.717) is 17.4 Å². The molecular formula is C58H98N2O6P+. The van der Waals surface area contributed by atoms with Crippen LogP contribution >= 0.6 is 7.82 Å². The normalized spacial score (nSPS) is 15.1. The number of phosphoric acid groups is 1. The lowest BCUT2D eigenvalue weighted by molar-refractivity contribution is -0.870. The number of unbranched alkanes of at least 4 members (excludes halogenated alkanes) is 12. The topological polar surface area (TPSA) is 105 Å². The fourth-order valence-electron chi connectivity index (χ4n) is 6.48. The number of aliphatic hydroxyl groups is 1. The molecule has 0 aromatic rings. The number of nitrogens with zero attached hydrogens (tertiary/aromatic N) is 1. The van der Waals surface area contributed by atoms with Crippen molar-refractivity contribution in [2.45, 2.75) is 187 Å². The van der Waals surface area contributed by atoms with E-state index in [1.54, 1.807) is 6.08 Å². The summed E-state index contributed by atoms with van der Waals surface area (Å²) in [6.07, 6.45) is 72.6. The largest absolute Gasteiger partial charge is 0.472 e. The molecule has 0 spiro atoms. The van der Waals surface area contributed by atoms with E-state index in [4.69, 9.17) is 9.05 Å². The minimum Gasteiger partial charge on any atom is -0.387 e. The fourth-order valence-corrected chi connectivity index (χ4v) is 7.22. The molecular weight excluding hydrogens is 852 g/mol. The first-order valence-electron chi connectivity index (χ1n) is 26.1. The number of carbonyl (C=O) groups excluding carboxylic acids is 1. The molecule has 0 rings (SSSR count).